The molecule has 1 aromatic rings. The summed E-state index contributed by atoms with van der Waals surface area (Å²) >= 11 is 1.71. The summed E-state index contributed by atoms with van der Waals surface area (Å²) in [5.74, 6) is 0. The molecule has 4 heteroatoms. The van der Waals surface area contributed by atoms with Crippen LogP contribution in [0.5, 0.6) is 0 Å². The fraction of sp³-hybridized carbons (Fsp3) is 0.364. The van der Waals surface area contributed by atoms with Crippen molar-refractivity contribution in [3.8, 4) is 0 Å². The van der Waals surface area contributed by atoms with Crippen LogP contribution in [0.25, 0.3) is 0 Å². The Labute approximate surface area is 93.2 Å². The van der Waals surface area contributed by atoms with Gasteiger partial charge >= 0.3 is 6.09 Å². The largest absolute Gasteiger partial charge is 0.449 e. The third-order valence-corrected chi connectivity index (χ3v) is 3.19. The Morgan fingerprint density at radius 3 is 2.73 bits per heavy atom. The van der Waals surface area contributed by atoms with Gasteiger partial charge in [-0.05, 0) is 24.0 Å². The van der Waals surface area contributed by atoms with E-state index in [4.69, 9.17) is 4.74 Å². The van der Waals surface area contributed by atoms with Gasteiger partial charge in [0.05, 0.1) is 12.6 Å². The highest BCUT2D eigenvalue weighted by Crippen LogP contribution is 2.22. The van der Waals surface area contributed by atoms with E-state index in [-0.39, 0.29) is 12.1 Å². The highest BCUT2D eigenvalue weighted by Gasteiger charge is 2.20. The van der Waals surface area contributed by atoms with Gasteiger partial charge in [0.15, 0.2) is 0 Å². The molecule has 1 aliphatic heterocycles. The Bertz CT molecular complexity index is 350. The molecule has 1 saturated heterocycles. The lowest BCUT2D eigenvalue weighted by Crippen LogP contribution is -2.35. The Kier molecular flexibility index (Phi) is 3.16. The lowest BCUT2D eigenvalue weighted by molar-refractivity contribution is 0.115. The van der Waals surface area contributed by atoms with E-state index >= 15 is 0 Å². The Morgan fingerprint density at radius 1 is 1.40 bits per heavy atom. The van der Waals surface area contributed by atoms with Gasteiger partial charge in [-0.1, -0.05) is 12.1 Å². The van der Waals surface area contributed by atoms with Gasteiger partial charge < -0.3 is 10.1 Å². The van der Waals surface area contributed by atoms with Gasteiger partial charge in [-0.2, -0.15) is 0 Å². The molecule has 15 heavy (non-hydrogen) atoms. The first kappa shape index (κ1) is 10.4. The van der Waals surface area contributed by atoms with E-state index < -0.39 is 0 Å². The van der Waals surface area contributed by atoms with Crippen molar-refractivity contribution in [3.05, 3.63) is 29.8 Å². The van der Waals surface area contributed by atoms with Crippen LogP contribution in [0.15, 0.2) is 29.2 Å². The number of benzene rings is 1. The van der Waals surface area contributed by atoms with E-state index in [1.54, 1.807) is 11.8 Å². The third-order valence-electron chi connectivity index (χ3n) is 2.45. The predicted octanol–water partition coefficient (Wildman–Crippen LogP) is 2.58. The third kappa shape index (κ3) is 2.45. The highest BCUT2D eigenvalue weighted by atomic mass is 32.2. The molecule has 1 amide bonds. The van der Waals surface area contributed by atoms with E-state index in [0.717, 1.165) is 12.0 Å². The molecule has 1 N–H and O–H groups in total. The molecule has 80 valence electrons. The topological polar surface area (TPSA) is 38.3 Å². The van der Waals surface area contributed by atoms with Crippen LogP contribution in [-0.4, -0.2) is 19.0 Å². The fourth-order valence-electron chi connectivity index (χ4n) is 1.61. The molecule has 2 rings (SSSR count). The number of rotatable bonds is 2. The zero-order valence-corrected chi connectivity index (χ0v) is 9.34. The van der Waals surface area contributed by atoms with Crippen molar-refractivity contribution in [1.29, 1.82) is 0 Å². The summed E-state index contributed by atoms with van der Waals surface area (Å²) in [5, 5.41) is 2.80. The van der Waals surface area contributed by atoms with Crippen molar-refractivity contribution in [2.45, 2.75) is 17.4 Å². The van der Waals surface area contributed by atoms with Gasteiger partial charge in [0.2, 0.25) is 0 Å². The zero-order valence-electron chi connectivity index (χ0n) is 8.53. The molecule has 3 nitrogen and oxygen atoms in total. The number of hydrogen-bond acceptors (Lipinski definition) is 3. The normalized spacial score (nSPS) is 20.6. The summed E-state index contributed by atoms with van der Waals surface area (Å²) < 4.78 is 4.82. The number of carbonyl (C=O) groups is 1. The summed E-state index contributed by atoms with van der Waals surface area (Å²) in [4.78, 5) is 12.3. The van der Waals surface area contributed by atoms with Crippen molar-refractivity contribution in [2.75, 3.05) is 12.9 Å². The number of thioether (sulfide) groups is 1. The average molecular weight is 223 g/mol. The second-order valence-corrected chi connectivity index (χ2v) is 4.27. The number of cyclic esters (lactones) is 1. The maximum absolute atomic E-state index is 11.0. The van der Waals surface area contributed by atoms with Crippen LogP contribution in [0.4, 0.5) is 4.79 Å². The summed E-state index contributed by atoms with van der Waals surface area (Å²) in [6, 6.07) is 8.36. The predicted molar refractivity (Wildman–Crippen MR) is 60.1 cm³/mol. The molecular formula is C11H13NO2S. The van der Waals surface area contributed by atoms with Crippen LogP contribution in [0.2, 0.25) is 0 Å². The molecular weight excluding hydrogens is 210 g/mol. The van der Waals surface area contributed by atoms with E-state index in [9.17, 15) is 4.79 Å². The van der Waals surface area contributed by atoms with Crippen LogP contribution in [0.1, 0.15) is 18.0 Å². The van der Waals surface area contributed by atoms with Crippen LogP contribution in [0.3, 0.4) is 0 Å². The van der Waals surface area contributed by atoms with Gasteiger partial charge in [-0.25, -0.2) is 4.79 Å². The summed E-state index contributed by atoms with van der Waals surface area (Å²) in [6.07, 6.45) is 2.57. The quantitative estimate of drug-likeness (QED) is 0.783. The number of nitrogens with one attached hydrogen (secondary N) is 1. The number of hydrogen-bond donors (Lipinski definition) is 1. The van der Waals surface area contributed by atoms with Gasteiger partial charge in [0.25, 0.3) is 0 Å². The molecule has 0 saturated carbocycles. The van der Waals surface area contributed by atoms with E-state index in [1.807, 2.05) is 6.26 Å². The lowest BCUT2D eigenvalue weighted by atomic mass is 10.0. The van der Waals surface area contributed by atoms with Gasteiger partial charge in [0, 0.05) is 11.3 Å². The minimum absolute atomic E-state index is 0.0992. The molecule has 0 bridgehead atoms. The summed E-state index contributed by atoms with van der Waals surface area (Å²) in [7, 11) is 0. The second kappa shape index (κ2) is 4.57. The summed E-state index contributed by atoms with van der Waals surface area (Å²) in [6.45, 7) is 0.501. The molecule has 0 unspecified atom stereocenters. The van der Waals surface area contributed by atoms with Crippen LogP contribution >= 0.6 is 11.8 Å². The van der Waals surface area contributed by atoms with Gasteiger partial charge in [-0.3, -0.25) is 0 Å². The first-order chi connectivity index (χ1) is 7.29. The molecule has 1 fully saturated rings. The number of ether oxygens (including phenoxy) is 1. The van der Waals surface area contributed by atoms with E-state index in [0.29, 0.717) is 6.61 Å². The van der Waals surface area contributed by atoms with Crippen LogP contribution < -0.4 is 5.32 Å². The number of amides is 1. The van der Waals surface area contributed by atoms with Gasteiger partial charge in [0.1, 0.15) is 0 Å². The average Bonchev–Trinajstić information content (AvgIpc) is 2.29. The van der Waals surface area contributed by atoms with Crippen molar-refractivity contribution >= 4 is 17.9 Å². The molecule has 1 atom stereocenters. The van der Waals surface area contributed by atoms with E-state index in [1.165, 1.54) is 4.90 Å². The monoisotopic (exact) mass is 223 g/mol. The first-order valence-corrected chi connectivity index (χ1v) is 6.09. The smallest absolute Gasteiger partial charge is 0.407 e. The van der Waals surface area contributed by atoms with Crippen molar-refractivity contribution < 1.29 is 9.53 Å². The molecule has 1 heterocycles. The van der Waals surface area contributed by atoms with Gasteiger partial charge in [-0.15, -0.1) is 11.8 Å². The number of alkyl carbamates (subject to hydrolysis) is 1. The minimum Gasteiger partial charge on any atom is -0.449 e. The molecule has 1 aliphatic rings. The SMILES string of the molecule is CSc1ccc([C@@H]2CCOC(=O)N2)cc1. The molecule has 0 radical (unpaired) electrons. The van der Waals surface area contributed by atoms with Crippen molar-refractivity contribution in [2.24, 2.45) is 0 Å². The second-order valence-electron chi connectivity index (χ2n) is 3.39. The van der Waals surface area contributed by atoms with Crippen molar-refractivity contribution in [1.82, 2.24) is 5.32 Å². The molecule has 0 aliphatic carbocycles. The van der Waals surface area contributed by atoms with Crippen molar-refractivity contribution in [3.63, 3.8) is 0 Å². The standard InChI is InChI=1S/C11H13NO2S/c1-15-9-4-2-8(3-5-9)10-6-7-14-11(13)12-10/h2-5,10H,6-7H2,1H3,(H,12,13)/t10-/m0/s1. The lowest BCUT2D eigenvalue weighted by Gasteiger charge is -2.23. The molecule has 1 aromatic carbocycles. The zero-order chi connectivity index (χ0) is 10.7. The maximum atomic E-state index is 11.0. The molecule has 0 aromatic heterocycles. The van der Waals surface area contributed by atoms with Crippen LogP contribution in [-0.2, 0) is 4.74 Å². The Hall–Kier alpha value is -1.16. The highest BCUT2D eigenvalue weighted by molar-refractivity contribution is 7.98. The Morgan fingerprint density at radius 2 is 2.13 bits per heavy atom. The summed E-state index contributed by atoms with van der Waals surface area (Å²) in [5.41, 5.74) is 1.14. The van der Waals surface area contributed by atoms with E-state index in [2.05, 4.69) is 29.6 Å². The number of carbonyl (C=O) groups excluding carboxylic acids is 1. The van der Waals surface area contributed by atoms with Crippen LogP contribution in [0, 0.1) is 0 Å². The fourth-order valence-corrected chi connectivity index (χ4v) is 2.02. The first-order valence-electron chi connectivity index (χ1n) is 4.87. The molecule has 0 spiro atoms. The maximum Gasteiger partial charge on any atom is 0.407 e. The minimum atomic E-state index is -0.319. The Balaban J connectivity index is 2.11.